The Hall–Kier alpha value is -1.94. The number of rotatable bonds is 81. The summed E-state index contributed by atoms with van der Waals surface area (Å²) < 4.78 is 68.7. The van der Waals surface area contributed by atoms with Crippen molar-refractivity contribution >= 4 is 39.5 Å². The molecule has 0 aliphatic rings. The molecule has 3 unspecified atom stereocenters. The molecular weight excluding hydrogens is 1320 g/mol. The molecule has 0 aromatic heterocycles. The van der Waals surface area contributed by atoms with Crippen molar-refractivity contribution in [2.75, 3.05) is 39.6 Å². The summed E-state index contributed by atoms with van der Waals surface area (Å²) in [5.41, 5.74) is 0. The molecule has 101 heavy (non-hydrogen) atoms. The number of hydrogen-bond acceptors (Lipinski definition) is 15. The summed E-state index contributed by atoms with van der Waals surface area (Å²) in [5, 5.41) is 10.6. The van der Waals surface area contributed by atoms with E-state index >= 15 is 0 Å². The second kappa shape index (κ2) is 73.6. The van der Waals surface area contributed by atoms with Crippen LogP contribution in [0.15, 0.2) is 0 Å². The molecule has 0 aliphatic heterocycles. The zero-order chi connectivity index (χ0) is 74.2. The van der Waals surface area contributed by atoms with E-state index in [0.29, 0.717) is 25.7 Å². The third kappa shape index (κ3) is 74.7. The first-order valence-electron chi connectivity index (χ1n) is 42.5. The summed E-state index contributed by atoms with van der Waals surface area (Å²) in [5.74, 6) is -0.586. The quantitative estimate of drug-likeness (QED) is 0.0222. The standard InChI is InChI=1S/C82H160O17P2/c1-7-10-12-14-16-18-20-22-24-25-26-27-28-29-30-34-39-43-47-55-61-67-81(86)98-77(70-92-79(84)64-58-52-45-41-37-35-31-32-36-40-44-50-56-62-74(4)5)72-96-100(88,89)94-68-76(83)69-95-101(90,91)97-73-78(71-93-80(85)65-59-53-49-48-51-57-63-75(6)9-3)99-82(87)66-60-54-46-42-38-33-23-21-19-17-15-13-11-8-2/h74-78,83H,7-73H2,1-6H3,(H,88,89)(H,90,91)/t75?,76-,77-,78-/m1/s1. The Morgan fingerprint density at radius 2 is 0.505 bits per heavy atom. The van der Waals surface area contributed by atoms with Gasteiger partial charge in [-0.15, -0.1) is 0 Å². The van der Waals surface area contributed by atoms with Gasteiger partial charge in [-0.3, -0.25) is 37.3 Å². The normalized spacial score (nSPS) is 14.2. The fraction of sp³-hybridized carbons (Fsp3) is 0.951. The molecule has 0 rings (SSSR count). The minimum Gasteiger partial charge on any atom is -0.462 e. The molecule has 0 saturated carbocycles. The highest BCUT2D eigenvalue weighted by Gasteiger charge is 2.30. The number of aliphatic hydroxyl groups excluding tert-OH is 1. The molecule has 0 spiro atoms. The van der Waals surface area contributed by atoms with Crippen LogP contribution in [0.25, 0.3) is 0 Å². The van der Waals surface area contributed by atoms with E-state index in [0.717, 1.165) is 108 Å². The highest BCUT2D eigenvalue weighted by Crippen LogP contribution is 2.45. The summed E-state index contributed by atoms with van der Waals surface area (Å²) in [6.45, 7) is 9.62. The third-order valence-corrected chi connectivity index (χ3v) is 21.5. The lowest BCUT2D eigenvalue weighted by atomic mass is 10.00. The Morgan fingerprint density at radius 1 is 0.287 bits per heavy atom. The third-order valence-electron chi connectivity index (χ3n) is 19.6. The Kier molecular flexibility index (Phi) is 72.2. The largest absolute Gasteiger partial charge is 0.472 e. The summed E-state index contributed by atoms with van der Waals surface area (Å²) >= 11 is 0. The average molecular weight is 1480 g/mol. The molecule has 600 valence electrons. The molecular formula is C82H160O17P2. The fourth-order valence-electron chi connectivity index (χ4n) is 12.7. The minimum atomic E-state index is -4.96. The maximum Gasteiger partial charge on any atom is 0.472 e. The number of hydrogen-bond donors (Lipinski definition) is 3. The average Bonchev–Trinajstić information content (AvgIpc) is 1.02. The number of phosphoric acid groups is 2. The van der Waals surface area contributed by atoms with Crippen LogP contribution in [0.4, 0.5) is 0 Å². The molecule has 17 nitrogen and oxygen atoms in total. The molecule has 0 aromatic carbocycles. The second-order valence-corrected chi connectivity index (χ2v) is 33.1. The van der Waals surface area contributed by atoms with Crippen LogP contribution in [0.2, 0.25) is 0 Å². The first kappa shape index (κ1) is 99.1. The van der Waals surface area contributed by atoms with Crippen molar-refractivity contribution in [2.45, 2.75) is 452 Å². The maximum atomic E-state index is 13.1. The van der Waals surface area contributed by atoms with Crippen LogP contribution in [0.3, 0.4) is 0 Å². The lowest BCUT2D eigenvalue weighted by Crippen LogP contribution is -2.30. The zero-order valence-corrected chi connectivity index (χ0v) is 68.0. The van der Waals surface area contributed by atoms with Crippen molar-refractivity contribution in [2.24, 2.45) is 11.8 Å². The van der Waals surface area contributed by atoms with E-state index < -0.39 is 97.5 Å². The molecule has 0 amide bonds. The number of phosphoric ester groups is 2. The first-order chi connectivity index (χ1) is 48.9. The van der Waals surface area contributed by atoms with Gasteiger partial charge in [0.1, 0.15) is 19.3 Å². The number of ether oxygens (including phenoxy) is 4. The van der Waals surface area contributed by atoms with E-state index in [1.165, 1.54) is 244 Å². The smallest absolute Gasteiger partial charge is 0.462 e. The molecule has 0 bridgehead atoms. The number of carbonyl (C=O) groups is 4. The van der Waals surface area contributed by atoms with Crippen molar-refractivity contribution in [1.82, 2.24) is 0 Å². The Bertz CT molecular complexity index is 1940. The van der Waals surface area contributed by atoms with Gasteiger partial charge >= 0.3 is 39.5 Å². The van der Waals surface area contributed by atoms with Crippen LogP contribution >= 0.6 is 15.6 Å². The van der Waals surface area contributed by atoms with Crippen LogP contribution in [-0.2, 0) is 65.4 Å². The van der Waals surface area contributed by atoms with Crippen LogP contribution in [0.1, 0.15) is 433 Å². The monoisotopic (exact) mass is 1480 g/mol. The Labute approximate surface area is 619 Å². The SMILES string of the molecule is CCCCCCCCCCCCCCCCCCCCCCCC(=O)O[C@H](COC(=O)CCCCCCCCCCCCCCCC(C)C)COP(=O)(O)OC[C@@H](O)COP(=O)(O)OC[C@@H](COC(=O)CCCCCCCCC(C)CC)OC(=O)CCCCCCCCCCCCCCCC. The molecule has 0 saturated heterocycles. The number of unbranched alkanes of at least 4 members (excludes halogenated alkanes) is 50. The molecule has 0 aliphatic carbocycles. The lowest BCUT2D eigenvalue weighted by Gasteiger charge is -2.21. The number of aliphatic hydroxyl groups is 1. The highest BCUT2D eigenvalue weighted by molar-refractivity contribution is 7.47. The van der Waals surface area contributed by atoms with Crippen LogP contribution in [0, 0.1) is 11.8 Å². The first-order valence-corrected chi connectivity index (χ1v) is 45.5. The fourth-order valence-corrected chi connectivity index (χ4v) is 14.3. The van der Waals surface area contributed by atoms with E-state index in [9.17, 15) is 43.2 Å². The van der Waals surface area contributed by atoms with Gasteiger partial charge in [-0.2, -0.15) is 0 Å². The number of carbonyl (C=O) groups excluding carboxylic acids is 4. The molecule has 0 fully saturated rings. The maximum absolute atomic E-state index is 13.1. The lowest BCUT2D eigenvalue weighted by molar-refractivity contribution is -0.161. The molecule has 0 radical (unpaired) electrons. The van der Waals surface area contributed by atoms with E-state index in [-0.39, 0.29) is 25.7 Å². The van der Waals surface area contributed by atoms with E-state index in [1.54, 1.807) is 0 Å². The molecule has 19 heteroatoms. The second-order valence-electron chi connectivity index (χ2n) is 30.2. The van der Waals surface area contributed by atoms with Gasteiger partial charge in [0, 0.05) is 25.7 Å². The van der Waals surface area contributed by atoms with E-state index in [4.69, 9.17) is 37.0 Å². The van der Waals surface area contributed by atoms with Gasteiger partial charge < -0.3 is 33.8 Å². The van der Waals surface area contributed by atoms with Gasteiger partial charge in [0.05, 0.1) is 26.4 Å². The van der Waals surface area contributed by atoms with Crippen LogP contribution < -0.4 is 0 Å². The van der Waals surface area contributed by atoms with Crippen LogP contribution in [-0.4, -0.2) is 96.7 Å². The van der Waals surface area contributed by atoms with Gasteiger partial charge in [-0.25, -0.2) is 9.13 Å². The van der Waals surface area contributed by atoms with E-state index in [2.05, 4.69) is 41.5 Å². The number of esters is 4. The summed E-state index contributed by atoms with van der Waals surface area (Å²) in [4.78, 5) is 73.0. The van der Waals surface area contributed by atoms with Crippen LogP contribution in [0.5, 0.6) is 0 Å². The van der Waals surface area contributed by atoms with E-state index in [1.807, 2.05) is 0 Å². The Balaban J connectivity index is 5.23. The van der Waals surface area contributed by atoms with Crippen molar-refractivity contribution in [3.63, 3.8) is 0 Å². The van der Waals surface area contributed by atoms with Crippen molar-refractivity contribution in [1.29, 1.82) is 0 Å². The predicted octanol–water partition coefficient (Wildman–Crippen LogP) is 24.7. The molecule has 6 atom stereocenters. The van der Waals surface area contributed by atoms with Gasteiger partial charge in [-0.1, -0.05) is 382 Å². The van der Waals surface area contributed by atoms with Gasteiger partial charge in [-0.05, 0) is 37.5 Å². The van der Waals surface area contributed by atoms with Crippen molar-refractivity contribution in [3.8, 4) is 0 Å². The zero-order valence-electron chi connectivity index (χ0n) is 66.2. The van der Waals surface area contributed by atoms with Crippen molar-refractivity contribution in [3.05, 3.63) is 0 Å². The Morgan fingerprint density at radius 3 is 0.752 bits per heavy atom. The molecule has 0 heterocycles. The summed E-state index contributed by atoms with van der Waals surface area (Å²) in [6, 6.07) is 0. The topological polar surface area (TPSA) is 237 Å². The molecule has 3 N–H and O–H groups in total. The predicted molar refractivity (Wildman–Crippen MR) is 414 cm³/mol. The molecule has 0 aromatic rings. The summed E-state index contributed by atoms with van der Waals surface area (Å²) in [7, 11) is -9.92. The van der Waals surface area contributed by atoms with Gasteiger partial charge in [0.2, 0.25) is 0 Å². The van der Waals surface area contributed by atoms with Gasteiger partial charge in [0.25, 0.3) is 0 Å². The highest BCUT2D eigenvalue weighted by atomic mass is 31.2. The summed E-state index contributed by atoms with van der Waals surface area (Å²) in [6.07, 6.45) is 63.9. The van der Waals surface area contributed by atoms with Crippen molar-refractivity contribution < 1.29 is 80.2 Å². The van der Waals surface area contributed by atoms with Gasteiger partial charge in [0.15, 0.2) is 12.2 Å². The minimum absolute atomic E-state index is 0.107.